The van der Waals surface area contributed by atoms with Crippen LogP contribution < -0.4 is 4.74 Å². The van der Waals surface area contributed by atoms with Crippen molar-refractivity contribution in [1.29, 1.82) is 0 Å². The quantitative estimate of drug-likeness (QED) is 0.179. The summed E-state index contributed by atoms with van der Waals surface area (Å²) in [6.45, 7) is 7.09. The molecule has 0 aliphatic carbocycles. The first-order valence-corrected chi connectivity index (χ1v) is 15.2. The fourth-order valence-corrected chi connectivity index (χ4v) is 5.97. The molecule has 5 nitrogen and oxygen atoms in total. The summed E-state index contributed by atoms with van der Waals surface area (Å²) in [7, 11) is -3.91. The van der Waals surface area contributed by atoms with Crippen LogP contribution in [0.5, 0.6) is 5.75 Å². The van der Waals surface area contributed by atoms with Crippen molar-refractivity contribution in [1.82, 2.24) is 4.90 Å². The molecule has 230 valence electrons. The lowest BCUT2D eigenvalue weighted by Gasteiger charge is -2.33. The van der Waals surface area contributed by atoms with Gasteiger partial charge in [-0.3, -0.25) is 4.90 Å². The molecular formula is C31H36F5NO4S. The summed E-state index contributed by atoms with van der Waals surface area (Å²) in [5.74, 6) is -2.31. The van der Waals surface area contributed by atoms with Gasteiger partial charge in [-0.05, 0) is 38.0 Å². The lowest BCUT2D eigenvalue weighted by Crippen LogP contribution is -2.38. The summed E-state index contributed by atoms with van der Waals surface area (Å²) in [5, 5.41) is 10.3. The molecule has 11 heteroatoms. The average molecular weight is 614 g/mol. The van der Waals surface area contributed by atoms with Gasteiger partial charge in [0, 0.05) is 48.5 Å². The fraction of sp³-hybridized carbons (Fsp3) is 0.419. The Bertz CT molecular complexity index is 1480. The summed E-state index contributed by atoms with van der Waals surface area (Å²) in [6.07, 6.45) is -3.61. The number of hydrogen-bond donors (Lipinski definition) is 1. The first-order chi connectivity index (χ1) is 19.3. The standard InChI is InChI=1S/C31H36F5NO4S/c1-29(2,22-12-7-6-8-13-22)20-37(19-21-11-9-14-24(28(21)33)31(34,35)36)15-10-16-41-23-17-25(32)27(30(3,4)38)26(18-23)42(5,39)40/h6-9,11-14,17-18,38H,10,15-16,19-20H2,1-5H3. The van der Waals surface area contributed by atoms with Gasteiger partial charge in [-0.2, -0.15) is 13.2 Å². The van der Waals surface area contributed by atoms with Gasteiger partial charge < -0.3 is 9.84 Å². The van der Waals surface area contributed by atoms with Crippen molar-refractivity contribution in [3.63, 3.8) is 0 Å². The predicted molar refractivity (Wildman–Crippen MR) is 151 cm³/mol. The average Bonchev–Trinajstić information content (AvgIpc) is 2.85. The number of halogens is 5. The van der Waals surface area contributed by atoms with Crippen molar-refractivity contribution in [3.05, 3.63) is 94.6 Å². The molecule has 1 N–H and O–H groups in total. The fourth-order valence-electron chi connectivity index (χ4n) is 4.92. The second-order valence-electron chi connectivity index (χ2n) is 11.5. The molecule has 3 aromatic carbocycles. The zero-order valence-corrected chi connectivity index (χ0v) is 25.0. The Labute approximate surface area is 243 Å². The van der Waals surface area contributed by atoms with E-state index in [1.165, 1.54) is 26.0 Å². The number of alkyl halides is 3. The molecule has 0 heterocycles. The highest BCUT2D eigenvalue weighted by Crippen LogP contribution is 2.35. The highest BCUT2D eigenvalue weighted by Gasteiger charge is 2.35. The molecule has 0 saturated heterocycles. The molecular weight excluding hydrogens is 577 g/mol. The van der Waals surface area contributed by atoms with Crippen LogP contribution in [-0.4, -0.2) is 44.4 Å². The summed E-state index contributed by atoms with van der Waals surface area (Å²) in [5.41, 5.74) is -3.01. The van der Waals surface area contributed by atoms with E-state index in [1.54, 1.807) is 0 Å². The third-order valence-electron chi connectivity index (χ3n) is 6.88. The maximum atomic E-state index is 14.9. The molecule has 0 aliphatic rings. The minimum atomic E-state index is -4.83. The second kappa shape index (κ2) is 12.7. The van der Waals surface area contributed by atoms with Gasteiger partial charge in [-0.15, -0.1) is 0 Å². The molecule has 0 radical (unpaired) electrons. The molecule has 0 atom stereocenters. The smallest absolute Gasteiger partial charge is 0.419 e. The molecule has 0 bridgehead atoms. The molecule has 0 unspecified atom stereocenters. The Kier molecular flexibility index (Phi) is 10.1. The monoisotopic (exact) mass is 613 g/mol. The van der Waals surface area contributed by atoms with E-state index in [1.807, 2.05) is 49.1 Å². The number of hydrogen-bond acceptors (Lipinski definition) is 5. The largest absolute Gasteiger partial charge is 0.493 e. The first-order valence-electron chi connectivity index (χ1n) is 13.3. The number of aliphatic hydroxyl groups is 1. The lowest BCUT2D eigenvalue weighted by atomic mass is 9.84. The van der Waals surface area contributed by atoms with E-state index >= 15 is 0 Å². The van der Waals surface area contributed by atoms with Gasteiger partial charge in [0.25, 0.3) is 0 Å². The van der Waals surface area contributed by atoms with Crippen LogP contribution in [0.4, 0.5) is 22.0 Å². The van der Waals surface area contributed by atoms with Gasteiger partial charge >= 0.3 is 6.18 Å². The summed E-state index contributed by atoms with van der Waals surface area (Å²) in [4.78, 5) is 1.44. The van der Waals surface area contributed by atoms with Crippen LogP contribution in [0.15, 0.2) is 65.6 Å². The van der Waals surface area contributed by atoms with Crippen LogP contribution in [0.2, 0.25) is 0 Å². The van der Waals surface area contributed by atoms with Crippen LogP contribution in [0.25, 0.3) is 0 Å². The number of sulfone groups is 1. The maximum Gasteiger partial charge on any atom is 0.419 e. The molecule has 0 spiro atoms. The van der Waals surface area contributed by atoms with Crippen LogP contribution in [0.1, 0.15) is 56.4 Å². The van der Waals surface area contributed by atoms with Gasteiger partial charge in [0.05, 0.1) is 22.7 Å². The van der Waals surface area contributed by atoms with Crippen molar-refractivity contribution < 1.29 is 40.2 Å². The molecule has 0 aromatic heterocycles. The third kappa shape index (κ3) is 8.52. The van der Waals surface area contributed by atoms with Gasteiger partial charge in [0.2, 0.25) is 0 Å². The highest BCUT2D eigenvalue weighted by molar-refractivity contribution is 7.90. The lowest BCUT2D eigenvalue weighted by molar-refractivity contribution is -0.140. The number of ether oxygens (including phenoxy) is 1. The number of rotatable bonds is 12. The Balaban J connectivity index is 1.82. The van der Waals surface area contributed by atoms with Crippen molar-refractivity contribution in [2.24, 2.45) is 0 Å². The van der Waals surface area contributed by atoms with Gasteiger partial charge in [0.15, 0.2) is 9.84 Å². The minimum absolute atomic E-state index is 0.0118. The molecule has 3 aromatic rings. The van der Waals surface area contributed by atoms with Crippen LogP contribution in [0.3, 0.4) is 0 Å². The zero-order chi connectivity index (χ0) is 31.5. The molecule has 3 rings (SSSR count). The Morgan fingerprint density at radius 2 is 1.57 bits per heavy atom. The first kappa shape index (κ1) is 33.5. The molecule has 0 aliphatic heterocycles. The highest BCUT2D eigenvalue weighted by atomic mass is 32.2. The molecule has 0 fully saturated rings. The van der Waals surface area contributed by atoms with Crippen LogP contribution in [-0.2, 0) is 33.6 Å². The maximum absolute atomic E-state index is 14.9. The second-order valence-corrected chi connectivity index (χ2v) is 13.5. The van der Waals surface area contributed by atoms with Crippen molar-refractivity contribution in [2.45, 2.75) is 62.7 Å². The van der Waals surface area contributed by atoms with Crippen molar-refractivity contribution in [3.8, 4) is 5.75 Å². The van der Waals surface area contributed by atoms with E-state index in [4.69, 9.17) is 4.74 Å². The minimum Gasteiger partial charge on any atom is -0.493 e. The van der Waals surface area contributed by atoms with Gasteiger partial charge in [-0.25, -0.2) is 17.2 Å². The predicted octanol–water partition coefficient (Wildman–Crippen LogP) is 6.86. The number of nitrogens with zero attached hydrogens (tertiary/aromatic N) is 1. The van der Waals surface area contributed by atoms with E-state index in [2.05, 4.69) is 0 Å². The third-order valence-corrected chi connectivity index (χ3v) is 8.00. The van der Waals surface area contributed by atoms with Crippen molar-refractivity contribution >= 4 is 9.84 Å². The SMILES string of the molecule is CC(C)(O)c1c(F)cc(OCCCN(Cc2cccc(C(F)(F)F)c2F)CC(C)(C)c2ccccc2)cc1S(C)(=O)=O. The topological polar surface area (TPSA) is 66.8 Å². The van der Waals surface area contributed by atoms with Crippen LogP contribution >= 0.6 is 0 Å². The Morgan fingerprint density at radius 3 is 2.14 bits per heavy atom. The molecule has 0 amide bonds. The van der Waals surface area contributed by atoms with E-state index in [0.717, 1.165) is 24.0 Å². The summed E-state index contributed by atoms with van der Waals surface area (Å²) in [6, 6.07) is 14.9. The molecule has 0 saturated carbocycles. The number of benzene rings is 3. The summed E-state index contributed by atoms with van der Waals surface area (Å²) >= 11 is 0. The van der Waals surface area contributed by atoms with E-state index < -0.39 is 49.1 Å². The Hall–Kier alpha value is -3.02. The van der Waals surface area contributed by atoms with E-state index in [0.29, 0.717) is 19.0 Å². The van der Waals surface area contributed by atoms with Gasteiger partial charge in [-0.1, -0.05) is 56.3 Å². The van der Waals surface area contributed by atoms with E-state index in [-0.39, 0.29) is 36.6 Å². The zero-order valence-electron chi connectivity index (χ0n) is 24.2. The van der Waals surface area contributed by atoms with Crippen molar-refractivity contribution in [2.75, 3.05) is 26.0 Å². The Morgan fingerprint density at radius 1 is 0.929 bits per heavy atom. The van der Waals surface area contributed by atoms with Gasteiger partial charge in [0.1, 0.15) is 17.4 Å². The normalized spacial score (nSPS) is 13.0. The van der Waals surface area contributed by atoms with E-state index in [9.17, 15) is 35.5 Å². The molecule has 42 heavy (non-hydrogen) atoms. The van der Waals surface area contributed by atoms with Crippen LogP contribution in [0, 0.1) is 11.6 Å². The summed E-state index contributed by atoms with van der Waals surface area (Å²) < 4.78 is 100.